The van der Waals surface area contributed by atoms with E-state index in [2.05, 4.69) is 10.5 Å². The van der Waals surface area contributed by atoms with Crippen LogP contribution < -0.4 is 10.2 Å². The fourth-order valence-corrected chi connectivity index (χ4v) is 2.25. The van der Waals surface area contributed by atoms with Gasteiger partial charge in [0.05, 0.1) is 12.8 Å². The maximum atomic E-state index is 9.21. The monoisotopic (exact) mass is 285 g/mol. The Labute approximate surface area is 124 Å². The van der Waals surface area contributed by atoms with Crippen molar-refractivity contribution in [3.8, 4) is 11.8 Å². The average Bonchev–Trinajstić information content (AvgIpc) is 2.56. The molecule has 0 spiro atoms. The summed E-state index contributed by atoms with van der Waals surface area (Å²) in [7, 11) is 1.57. The van der Waals surface area contributed by atoms with Gasteiger partial charge < -0.3 is 9.64 Å². The first kappa shape index (κ1) is 14.9. The molecule has 1 heterocycles. The second kappa shape index (κ2) is 7.29. The van der Waals surface area contributed by atoms with Gasteiger partial charge in [-0.2, -0.15) is 10.4 Å². The lowest BCUT2D eigenvalue weighted by molar-refractivity contribution is 0.344. The number of ether oxygens (including phenoxy) is 1. The second-order valence-corrected chi connectivity index (χ2v) is 4.78. The van der Waals surface area contributed by atoms with E-state index in [1.807, 2.05) is 29.2 Å². The number of anilines is 1. The molecule has 0 bridgehead atoms. The lowest BCUT2D eigenvalue weighted by Gasteiger charge is -2.27. The van der Waals surface area contributed by atoms with E-state index in [9.17, 15) is 5.26 Å². The minimum atomic E-state index is 0.0859. The molecule has 0 saturated carbocycles. The fourth-order valence-electron chi connectivity index (χ4n) is 2.25. The highest BCUT2D eigenvalue weighted by Crippen LogP contribution is 2.22. The van der Waals surface area contributed by atoms with Gasteiger partial charge in [-0.3, -0.25) is 10.8 Å². The molecular weight excluding hydrogens is 266 g/mol. The Hall–Kier alpha value is -2.55. The largest absolute Gasteiger partial charge is 0.495 e. The molecular formula is C15H19N5O. The van der Waals surface area contributed by atoms with E-state index in [-0.39, 0.29) is 11.5 Å². The minimum Gasteiger partial charge on any atom is -0.495 e. The Morgan fingerprint density at radius 2 is 2.05 bits per heavy atom. The molecule has 0 atom stereocenters. The van der Waals surface area contributed by atoms with Crippen molar-refractivity contribution in [2.24, 2.45) is 5.10 Å². The summed E-state index contributed by atoms with van der Waals surface area (Å²) in [5.41, 5.74) is 3.56. The minimum absolute atomic E-state index is 0.0859. The number of nitrogens with one attached hydrogen (secondary N) is 2. The van der Waals surface area contributed by atoms with Gasteiger partial charge in [0.25, 0.3) is 0 Å². The standard InChI is InChI=1S/C15H19N5O/c1-21-14-8-4-3-7-12(14)18-19-13(11-16)15(17)20-9-5-2-6-10-20/h3-4,7-8,17-18H,2,5-6,9-10H2,1H3. The molecule has 1 saturated heterocycles. The number of amidine groups is 1. The highest BCUT2D eigenvalue weighted by atomic mass is 16.5. The zero-order chi connectivity index (χ0) is 15.1. The van der Waals surface area contributed by atoms with Gasteiger partial charge in [0.2, 0.25) is 5.71 Å². The van der Waals surface area contributed by atoms with E-state index >= 15 is 0 Å². The van der Waals surface area contributed by atoms with Crippen LogP contribution >= 0.6 is 0 Å². The molecule has 0 aliphatic carbocycles. The Kier molecular flexibility index (Phi) is 5.16. The molecule has 110 valence electrons. The van der Waals surface area contributed by atoms with E-state index in [0.717, 1.165) is 25.9 Å². The zero-order valence-electron chi connectivity index (χ0n) is 12.1. The average molecular weight is 285 g/mol. The summed E-state index contributed by atoms with van der Waals surface area (Å²) in [4.78, 5) is 1.90. The lowest BCUT2D eigenvalue weighted by atomic mass is 10.1. The summed E-state index contributed by atoms with van der Waals surface area (Å²) in [6.07, 6.45) is 3.30. The molecule has 1 aromatic carbocycles. The maximum absolute atomic E-state index is 9.21. The quantitative estimate of drug-likeness (QED) is 0.505. The summed E-state index contributed by atoms with van der Waals surface area (Å²) in [6, 6.07) is 9.31. The van der Waals surface area contributed by atoms with Crippen LogP contribution in [0.15, 0.2) is 29.4 Å². The van der Waals surface area contributed by atoms with Gasteiger partial charge in [-0.1, -0.05) is 12.1 Å². The van der Waals surface area contributed by atoms with Crippen LogP contribution in [0.5, 0.6) is 5.75 Å². The van der Waals surface area contributed by atoms with E-state index in [0.29, 0.717) is 11.4 Å². The molecule has 1 aliphatic rings. The zero-order valence-corrected chi connectivity index (χ0v) is 12.1. The summed E-state index contributed by atoms with van der Waals surface area (Å²) in [5, 5.41) is 21.4. The molecule has 1 aliphatic heterocycles. The van der Waals surface area contributed by atoms with Crippen molar-refractivity contribution in [3.63, 3.8) is 0 Å². The van der Waals surface area contributed by atoms with E-state index in [1.54, 1.807) is 13.2 Å². The second-order valence-electron chi connectivity index (χ2n) is 4.78. The molecule has 1 fully saturated rings. The van der Waals surface area contributed by atoms with Gasteiger partial charge in [-0.05, 0) is 31.4 Å². The summed E-state index contributed by atoms with van der Waals surface area (Å²) in [6.45, 7) is 1.63. The molecule has 2 rings (SSSR count). The van der Waals surface area contributed by atoms with Crippen LogP contribution in [0.2, 0.25) is 0 Å². The Morgan fingerprint density at radius 3 is 2.71 bits per heavy atom. The SMILES string of the molecule is COc1ccccc1NN=C(C#N)C(=N)N1CCCCC1. The number of nitrogens with zero attached hydrogens (tertiary/aromatic N) is 3. The number of hydrogen-bond acceptors (Lipinski definition) is 5. The third kappa shape index (κ3) is 3.72. The lowest BCUT2D eigenvalue weighted by Crippen LogP contribution is -2.39. The molecule has 1 aromatic rings. The molecule has 0 radical (unpaired) electrons. The van der Waals surface area contributed by atoms with E-state index in [4.69, 9.17) is 10.1 Å². The number of nitriles is 1. The topological polar surface area (TPSA) is 84.5 Å². The van der Waals surface area contributed by atoms with Crippen LogP contribution in [-0.4, -0.2) is 36.6 Å². The number of piperidine rings is 1. The normalized spacial score (nSPS) is 15.2. The smallest absolute Gasteiger partial charge is 0.202 e. The Morgan fingerprint density at radius 1 is 1.33 bits per heavy atom. The number of para-hydroxylation sites is 2. The third-order valence-corrected chi connectivity index (χ3v) is 3.40. The van der Waals surface area contributed by atoms with E-state index in [1.165, 1.54) is 6.42 Å². The van der Waals surface area contributed by atoms with Gasteiger partial charge >= 0.3 is 0 Å². The third-order valence-electron chi connectivity index (χ3n) is 3.40. The highest BCUT2D eigenvalue weighted by Gasteiger charge is 2.18. The molecule has 6 nitrogen and oxygen atoms in total. The van der Waals surface area contributed by atoms with Gasteiger partial charge in [-0.25, -0.2) is 0 Å². The molecule has 0 unspecified atom stereocenters. The first-order valence-electron chi connectivity index (χ1n) is 6.97. The summed E-state index contributed by atoms with van der Waals surface area (Å²) in [5.74, 6) is 0.822. The highest BCUT2D eigenvalue weighted by molar-refractivity contribution is 6.46. The molecule has 0 aromatic heterocycles. The molecule has 6 heteroatoms. The van der Waals surface area contributed by atoms with Gasteiger partial charge in [0.15, 0.2) is 5.84 Å². The van der Waals surface area contributed by atoms with Crippen molar-refractivity contribution in [2.45, 2.75) is 19.3 Å². The maximum Gasteiger partial charge on any atom is 0.202 e. The predicted molar refractivity (Wildman–Crippen MR) is 82.8 cm³/mol. The number of hydrogen-bond donors (Lipinski definition) is 2. The van der Waals surface area contributed by atoms with Crippen LogP contribution in [0.25, 0.3) is 0 Å². The Balaban J connectivity index is 2.10. The predicted octanol–water partition coefficient (Wildman–Crippen LogP) is 2.45. The van der Waals surface area contributed by atoms with Crippen molar-refractivity contribution in [2.75, 3.05) is 25.6 Å². The molecule has 0 amide bonds. The van der Waals surface area contributed by atoms with Crippen LogP contribution in [0.1, 0.15) is 19.3 Å². The summed E-state index contributed by atoms with van der Waals surface area (Å²) >= 11 is 0. The van der Waals surface area contributed by atoms with Crippen molar-refractivity contribution in [1.29, 1.82) is 10.7 Å². The van der Waals surface area contributed by atoms with Gasteiger partial charge in [0, 0.05) is 13.1 Å². The first-order valence-corrected chi connectivity index (χ1v) is 6.97. The Bertz CT molecular complexity index is 570. The molecule has 2 N–H and O–H groups in total. The van der Waals surface area contributed by atoms with Crippen LogP contribution in [0.4, 0.5) is 5.69 Å². The number of benzene rings is 1. The number of methoxy groups -OCH3 is 1. The van der Waals surface area contributed by atoms with Crippen LogP contribution in [0.3, 0.4) is 0 Å². The van der Waals surface area contributed by atoms with Crippen LogP contribution in [-0.2, 0) is 0 Å². The summed E-state index contributed by atoms with van der Waals surface area (Å²) < 4.78 is 5.21. The van der Waals surface area contributed by atoms with Gasteiger partial charge in [0.1, 0.15) is 11.8 Å². The number of likely N-dealkylation sites (tertiary alicyclic amines) is 1. The van der Waals surface area contributed by atoms with Crippen LogP contribution in [0, 0.1) is 16.7 Å². The first-order chi connectivity index (χ1) is 10.3. The van der Waals surface area contributed by atoms with E-state index < -0.39 is 0 Å². The fraction of sp³-hybridized carbons (Fsp3) is 0.400. The van der Waals surface area contributed by atoms with Crippen molar-refractivity contribution in [1.82, 2.24) is 4.90 Å². The number of hydrazone groups is 1. The number of rotatable bonds is 4. The van der Waals surface area contributed by atoms with Crippen molar-refractivity contribution >= 4 is 17.2 Å². The van der Waals surface area contributed by atoms with Gasteiger partial charge in [-0.15, -0.1) is 0 Å². The van der Waals surface area contributed by atoms with Crippen molar-refractivity contribution < 1.29 is 4.74 Å². The van der Waals surface area contributed by atoms with Crippen molar-refractivity contribution in [3.05, 3.63) is 24.3 Å². The molecule has 21 heavy (non-hydrogen) atoms.